The topological polar surface area (TPSA) is 101 Å². The fourth-order valence-electron chi connectivity index (χ4n) is 1.62. The zero-order valence-electron chi connectivity index (χ0n) is 11.0. The molecule has 116 valence electrons. The lowest BCUT2D eigenvalue weighted by molar-refractivity contribution is 0.262. The van der Waals surface area contributed by atoms with Gasteiger partial charge < -0.3 is 10.6 Å². The highest BCUT2D eigenvalue weighted by atomic mass is 35.5. The number of hydrogen-bond acceptors (Lipinski definition) is 3. The minimum Gasteiger partial charge on any atom is -0.308 e. The van der Waals surface area contributed by atoms with Crippen LogP contribution < -0.4 is 15.8 Å². The van der Waals surface area contributed by atoms with Crippen molar-refractivity contribution >= 4 is 50.6 Å². The maximum absolute atomic E-state index is 11.9. The zero-order chi connectivity index (χ0) is 16.3. The SMILES string of the molecule is NS(=O)(=O)c1ccc(NC(=O)Nc2c(Cl)cccc2Cl)cc1. The first-order valence-corrected chi connectivity index (χ1v) is 8.22. The van der Waals surface area contributed by atoms with E-state index in [0.29, 0.717) is 15.7 Å². The molecule has 0 aliphatic rings. The Kier molecular flexibility index (Phi) is 4.92. The van der Waals surface area contributed by atoms with Gasteiger partial charge in [0.15, 0.2) is 0 Å². The van der Waals surface area contributed by atoms with Crippen molar-refractivity contribution in [3.63, 3.8) is 0 Å². The number of amides is 2. The maximum Gasteiger partial charge on any atom is 0.323 e. The first-order chi connectivity index (χ1) is 10.3. The number of nitrogens with one attached hydrogen (secondary N) is 2. The molecule has 0 bridgehead atoms. The molecule has 0 radical (unpaired) electrons. The number of halogens is 2. The number of nitrogens with two attached hydrogens (primary N) is 1. The van der Waals surface area contributed by atoms with E-state index in [1.165, 1.54) is 24.3 Å². The number of sulfonamides is 1. The first kappa shape index (κ1) is 16.6. The molecular weight excluding hydrogens is 349 g/mol. The average Bonchev–Trinajstić information content (AvgIpc) is 2.43. The molecule has 0 aromatic heterocycles. The van der Waals surface area contributed by atoms with Crippen LogP contribution >= 0.6 is 23.2 Å². The van der Waals surface area contributed by atoms with Gasteiger partial charge in [-0.3, -0.25) is 0 Å². The Morgan fingerprint density at radius 1 is 0.955 bits per heavy atom. The average molecular weight is 360 g/mol. The van der Waals surface area contributed by atoms with Gasteiger partial charge in [0.05, 0.1) is 20.6 Å². The molecule has 0 aliphatic heterocycles. The lowest BCUT2D eigenvalue weighted by Crippen LogP contribution is -2.20. The summed E-state index contributed by atoms with van der Waals surface area (Å²) < 4.78 is 22.3. The van der Waals surface area contributed by atoms with Gasteiger partial charge in [-0.1, -0.05) is 29.3 Å². The van der Waals surface area contributed by atoms with Gasteiger partial charge in [-0.05, 0) is 36.4 Å². The lowest BCUT2D eigenvalue weighted by atomic mass is 10.3. The summed E-state index contributed by atoms with van der Waals surface area (Å²) in [6, 6.07) is 9.65. The van der Waals surface area contributed by atoms with Crippen LogP contribution in [-0.4, -0.2) is 14.4 Å². The van der Waals surface area contributed by atoms with Crippen LogP contribution in [0.5, 0.6) is 0 Å². The molecule has 0 unspecified atom stereocenters. The van der Waals surface area contributed by atoms with Crippen molar-refractivity contribution in [2.24, 2.45) is 5.14 Å². The third-order valence-corrected chi connectivity index (χ3v) is 4.20. The summed E-state index contributed by atoms with van der Waals surface area (Å²) in [5.41, 5.74) is 0.664. The van der Waals surface area contributed by atoms with Crippen molar-refractivity contribution in [2.45, 2.75) is 4.90 Å². The van der Waals surface area contributed by atoms with Gasteiger partial charge in [0.1, 0.15) is 0 Å². The first-order valence-electron chi connectivity index (χ1n) is 5.92. The Morgan fingerprint density at radius 2 is 1.50 bits per heavy atom. The molecule has 0 saturated heterocycles. The molecule has 9 heteroatoms. The molecule has 0 saturated carbocycles. The second kappa shape index (κ2) is 6.53. The summed E-state index contributed by atoms with van der Waals surface area (Å²) in [5.74, 6) is 0. The second-order valence-corrected chi connectivity index (χ2v) is 6.62. The summed E-state index contributed by atoms with van der Waals surface area (Å²) in [5, 5.41) is 10.6. The second-order valence-electron chi connectivity index (χ2n) is 4.25. The number of benzene rings is 2. The zero-order valence-corrected chi connectivity index (χ0v) is 13.3. The van der Waals surface area contributed by atoms with E-state index in [1.54, 1.807) is 18.2 Å². The molecule has 4 N–H and O–H groups in total. The molecule has 2 aromatic rings. The van der Waals surface area contributed by atoms with Crippen LogP contribution in [-0.2, 0) is 10.0 Å². The molecule has 0 spiro atoms. The van der Waals surface area contributed by atoms with Crippen molar-refractivity contribution in [1.82, 2.24) is 0 Å². The van der Waals surface area contributed by atoms with Gasteiger partial charge in [-0.25, -0.2) is 18.4 Å². The summed E-state index contributed by atoms with van der Waals surface area (Å²) in [4.78, 5) is 11.8. The molecule has 0 fully saturated rings. The van der Waals surface area contributed by atoms with E-state index >= 15 is 0 Å². The predicted octanol–water partition coefficient (Wildman–Crippen LogP) is 3.28. The van der Waals surface area contributed by atoms with E-state index in [2.05, 4.69) is 10.6 Å². The van der Waals surface area contributed by atoms with Crippen LogP contribution in [0.15, 0.2) is 47.4 Å². The fourth-order valence-corrected chi connectivity index (χ4v) is 2.63. The molecular formula is C13H11Cl2N3O3S. The molecule has 0 aliphatic carbocycles. The minimum atomic E-state index is -3.77. The van der Waals surface area contributed by atoms with Gasteiger partial charge in [0.25, 0.3) is 0 Å². The Morgan fingerprint density at radius 3 is 2.00 bits per heavy atom. The number of urea groups is 1. The van der Waals surface area contributed by atoms with Crippen molar-refractivity contribution in [3.8, 4) is 0 Å². The third-order valence-electron chi connectivity index (χ3n) is 2.64. The van der Waals surface area contributed by atoms with Gasteiger partial charge in [0, 0.05) is 5.69 Å². The number of primary sulfonamides is 1. The van der Waals surface area contributed by atoms with Crippen LogP contribution in [0, 0.1) is 0 Å². The molecule has 0 heterocycles. The maximum atomic E-state index is 11.9. The monoisotopic (exact) mass is 359 g/mol. The van der Waals surface area contributed by atoms with E-state index in [4.69, 9.17) is 28.3 Å². The molecule has 2 rings (SSSR count). The fraction of sp³-hybridized carbons (Fsp3) is 0. The van der Waals surface area contributed by atoms with E-state index in [-0.39, 0.29) is 10.6 Å². The Bertz CT molecular complexity index is 788. The molecule has 2 amide bonds. The standard InChI is InChI=1S/C13H11Cl2N3O3S/c14-10-2-1-3-11(15)12(10)18-13(19)17-8-4-6-9(7-5-8)22(16,20)21/h1-7H,(H2,16,20,21)(H2,17,18,19). The molecule has 22 heavy (non-hydrogen) atoms. The van der Waals surface area contributed by atoms with Gasteiger partial charge in [-0.15, -0.1) is 0 Å². The summed E-state index contributed by atoms with van der Waals surface area (Å²) in [6.07, 6.45) is 0. The summed E-state index contributed by atoms with van der Waals surface area (Å²) >= 11 is 11.9. The van der Waals surface area contributed by atoms with Gasteiger partial charge in [0.2, 0.25) is 10.0 Å². The summed E-state index contributed by atoms with van der Waals surface area (Å²) in [6.45, 7) is 0. The molecule has 2 aromatic carbocycles. The number of para-hydroxylation sites is 1. The molecule has 0 atom stereocenters. The Hall–Kier alpha value is -1.80. The van der Waals surface area contributed by atoms with E-state index in [0.717, 1.165) is 0 Å². The Labute approximate surface area is 137 Å². The molecule has 6 nitrogen and oxygen atoms in total. The highest BCUT2D eigenvalue weighted by Crippen LogP contribution is 2.29. The normalized spacial score (nSPS) is 11.0. The number of carbonyl (C=O) groups is 1. The highest BCUT2D eigenvalue weighted by molar-refractivity contribution is 7.89. The number of carbonyl (C=O) groups excluding carboxylic acids is 1. The van der Waals surface area contributed by atoms with Crippen molar-refractivity contribution in [3.05, 3.63) is 52.5 Å². The van der Waals surface area contributed by atoms with Gasteiger partial charge >= 0.3 is 6.03 Å². The van der Waals surface area contributed by atoms with Gasteiger partial charge in [-0.2, -0.15) is 0 Å². The highest BCUT2D eigenvalue weighted by Gasteiger charge is 2.11. The van der Waals surface area contributed by atoms with Crippen LogP contribution in [0.25, 0.3) is 0 Å². The lowest BCUT2D eigenvalue weighted by Gasteiger charge is -2.10. The number of rotatable bonds is 3. The third kappa shape index (κ3) is 4.11. The largest absolute Gasteiger partial charge is 0.323 e. The minimum absolute atomic E-state index is 0.0485. The van der Waals surface area contributed by atoms with E-state index in [1.807, 2.05) is 0 Å². The van der Waals surface area contributed by atoms with E-state index < -0.39 is 16.1 Å². The van der Waals surface area contributed by atoms with E-state index in [9.17, 15) is 13.2 Å². The predicted molar refractivity (Wildman–Crippen MR) is 86.9 cm³/mol. The number of hydrogen-bond donors (Lipinski definition) is 3. The van der Waals surface area contributed by atoms with Crippen LogP contribution in [0.3, 0.4) is 0 Å². The number of anilines is 2. The van der Waals surface area contributed by atoms with Crippen molar-refractivity contribution in [2.75, 3.05) is 10.6 Å². The Balaban J connectivity index is 2.10. The summed E-state index contributed by atoms with van der Waals surface area (Å²) in [7, 11) is -3.77. The van der Waals surface area contributed by atoms with Crippen LogP contribution in [0.4, 0.5) is 16.2 Å². The van der Waals surface area contributed by atoms with Crippen molar-refractivity contribution < 1.29 is 13.2 Å². The smallest absolute Gasteiger partial charge is 0.308 e. The quantitative estimate of drug-likeness (QED) is 0.783. The van der Waals surface area contributed by atoms with Crippen LogP contribution in [0.2, 0.25) is 10.0 Å². The van der Waals surface area contributed by atoms with Crippen LogP contribution in [0.1, 0.15) is 0 Å². The van der Waals surface area contributed by atoms with Crippen molar-refractivity contribution in [1.29, 1.82) is 0 Å².